The summed E-state index contributed by atoms with van der Waals surface area (Å²) in [6, 6.07) is 7.90. The fraction of sp³-hybridized carbons (Fsp3) is 0.500. The molecule has 1 aromatic carbocycles. The Kier molecular flexibility index (Phi) is 4.70. The van der Waals surface area contributed by atoms with Crippen molar-refractivity contribution in [1.29, 1.82) is 5.26 Å². The highest BCUT2D eigenvalue weighted by molar-refractivity contribution is 6.42. The Morgan fingerprint density at radius 1 is 1.32 bits per heavy atom. The minimum absolute atomic E-state index is 0.265. The number of likely N-dealkylation sites (N-methyl/N-ethyl adjacent to an activating group) is 1. The third-order valence-corrected chi connectivity index (χ3v) is 4.33. The molecule has 0 saturated carbocycles. The van der Waals surface area contributed by atoms with Crippen LogP contribution in [0.25, 0.3) is 0 Å². The second-order valence-electron chi connectivity index (χ2n) is 5.05. The van der Waals surface area contributed by atoms with Crippen LogP contribution in [0.5, 0.6) is 0 Å². The second-order valence-corrected chi connectivity index (χ2v) is 5.87. The van der Waals surface area contributed by atoms with Gasteiger partial charge in [-0.1, -0.05) is 29.3 Å². The van der Waals surface area contributed by atoms with E-state index in [1.54, 1.807) is 12.1 Å². The molecule has 2 unspecified atom stereocenters. The van der Waals surface area contributed by atoms with Crippen LogP contribution in [0, 0.1) is 11.3 Å². The Hall–Kier alpha value is -0.790. The number of hydrogen-bond donors (Lipinski definition) is 0. The lowest BCUT2D eigenvalue weighted by Gasteiger charge is -2.40. The summed E-state index contributed by atoms with van der Waals surface area (Å²) < 4.78 is 0. The van der Waals surface area contributed by atoms with Crippen LogP contribution in [0.4, 0.5) is 0 Å². The second kappa shape index (κ2) is 6.11. The molecule has 0 bridgehead atoms. The van der Waals surface area contributed by atoms with Crippen LogP contribution in [0.15, 0.2) is 18.2 Å². The zero-order valence-electron chi connectivity index (χ0n) is 11.1. The highest BCUT2D eigenvalue weighted by atomic mass is 35.5. The normalized spacial score (nSPS) is 23.0. The first-order valence-corrected chi connectivity index (χ1v) is 7.07. The molecule has 1 aliphatic rings. The summed E-state index contributed by atoms with van der Waals surface area (Å²) in [5, 5.41) is 10.5. The van der Waals surface area contributed by atoms with E-state index in [-0.39, 0.29) is 6.04 Å². The Morgan fingerprint density at radius 3 is 2.63 bits per heavy atom. The minimum atomic E-state index is -0.265. The van der Waals surface area contributed by atoms with Crippen LogP contribution in [0.3, 0.4) is 0 Å². The summed E-state index contributed by atoms with van der Waals surface area (Å²) in [7, 11) is 2.11. The molecule has 2 rings (SSSR count). The summed E-state index contributed by atoms with van der Waals surface area (Å²) >= 11 is 12.0. The lowest BCUT2D eigenvalue weighted by Crippen LogP contribution is -2.51. The van der Waals surface area contributed by atoms with Crippen molar-refractivity contribution in [1.82, 2.24) is 9.80 Å². The van der Waals surface area contributed by atoms with E-state index < -0.39 is 0 Å². The minimum Gasteiger partial charge on any atom is -0.304 e. The van der Waals surface area contributed by atoms with Gasteiger partial charge in [0, 0.05) is 25.7 Å². The first kappa shape index (κ1) is 14.6. The largest absolute Gasteiger partial charge is 0.304 e. The Labute approximate surface area is 124 Å². The Bertz CT molecular complexity index is 498. The van der Waals surface area contributed by atoms with Crippen molar-refractivity contribution in [3.63, 3.8) is 0 Å². The topological polar surface area (TPSA) is 30.3 Å². The zero-order chi connectivity index (χ0) is 14.0. The molecule has 5 heteroatoms. The van der Waals surface area contributed by atoms with Gasteiger partial charge < -0.3 is 4.90 Å². The molecule has 1 aliphatic heterocycles. The van der Waals surface area contributed by atoms with Gasteiger partial charge in [-0.3, -0.25) is 4.90 Å². The van der Waals surface area contributed by atoms with E-state index >= 15 is 0 Å². The predicted octanol–water partition coefficient (Wildman–Crippen LogP) is 3.19. The average molecular weight is 298 g/mol. The maximum Gasteiger partial charge on any atom is 0.124 e. The average Bonchev–Trinajstić information content (AvgIpc) is 2.37. The first-order chi connectivity index (χ1) is 9.02. The summed E-state index contributed by atoms with van der Waals surface area (Å²) in [6.45, 7) is 4.98. The number of rotatable bonds is 2. The van der Waals surface area contributed by atoms with Crippen molar-refractivity contribution in [3.05, 3.63) is 33.8 Å². The number of halogens is 2. The molecule has 0 aromatic heterocycles. The fourth-order valence-electron chi connectivity index (χ4n) is 2.56. The molecule has 2 atom stereocenters. The van der Waals surface area contributed by atoms with Gasteiger partial charge in [-0.2, -0.15) is 5.26 Å². The molecule has 1 aromatic rings. The van der Waals surface area contributed by atoms with Gasteiger partial charge in [-0.15, -0.1) is 0 Å². The van der Waals surface area contributed by atoms with Crippen LogP contribution in [0.2, 0.25) is 10.0 Å². The van der Waals surface area contributed by atoms with E-state index in [1.165, 1.54) is 0 Å². The van der Waals surface area contributed by atoms with Crippen molar-refractivity contribution in [2.75, 3.05) is 26.7 Å². The van der Waals surface area contributed by atoms with Gasteiger partial charge in [-0.25, -0.2) is 0 Å². The van der Waals surface area contributed by atoms with Gasteiger partial charge in [-0.05, 0) is 31.7 Å². The molecule has 102 valence electrons. The van der Waals surface area contributed by atoms with Crippen molar-refractivity contribution in [2.24, 2.45) is 0 Å². The Balaban J connectivity index is 2.24. The van der Waals surface area contributed by atoms with Crippen LogP contribution >= 0.6 is 23.2 Å². The predicted molar refractivity (Wildman–Crippen MR) is 78.5 cm³/mol. The van der Waals surface area contributed by atoms with E-state index in [0.29, 0.717) is 16.1 Å². The Morgan fingerprint density at radius 2 is 2.05 bits per heavy atom. The number of nitrogens with zero attached hydrogens (tertiary/aromatic N) is 3. The molecule has 0 aliphatic carbocycles. The van der Waals surface area contributed by atoms with Crippen LogP contribution < -0.4 is 0 Å². The van der Waals surface area contributed by atoms with Crippen molar-refractivity contribution < 1.29 is 0 Å². The van der Waals surface area contributed by atoms with Crippen LogP contribution in [0.1, 0.15) is 18.5 Å². The van der Waals surface area contributed by atoms with E-state index in [2.05, 4.69) is 29.8 Å². The zero-order valence-corrected chi connectivity index (χ0v) is 12.6. The molecular formula is C14H17Cl2N3. The lowest BCUT2D eigenvalue weighted by molar-refractivity contribution is 0.0797. The van der Waals surface area contributed by atoms with Gasteiger partial charge in [0.1, 0.15) is 6.04 Å². The van der Waals surface area contributed by atoms with Gasteiger partial charge in [0.25, 0.3) is 0 Å². The van der Waals surface area contributed by atoms with Crippen molar-refractivity contribution >= 4 is 23.2 Å². The maximum atomic E-state index is 9.49. The van der Waals surface area contributed by atoms with Gasteiger partial charge in [0.2, 0.25) is 0 Å². The molecule has 3 nitrogen and oxygen atoms in total. The highest BCUT2D eigenvalue weighted by Crippen LogP contribution is 2.29. The standard InChI is InChI=1S/C14H17Cl2N3/c1-10-9-18(2)5-6-19(10)14(8-17)11-3-4-12(15)13(16)7-11/h3-4,7,10,14H,5-6,9H2,1-2H3. The molecule has 0 N–H and O–H groups in total. The van der Waals surface area contributed by atoms with Crippen LogP contribution in [-0.4, -0.2) is 42.5 Å². The molecule has 0 radical (unpaired) electrons. The number of benzene rings is 1. The van der Waals surface area contributed by atoms with Gasteiger partial charge in [0.05, 0.1) is 16.1 Å². The fourth-order valence-corrected chi connectivity index (χ4v) is 2.87. The highest BCUT2D eigenvalue weighted by Gasteiger charge is 2.29. The number of hydrogen-bond acceptors (Lipinski definition) is 3. The molecule has 1 saturated heterocycles. The first-order valence-electron chi connectivity index (χ1n) is 6.31. The number of nitriles is 1. The van der Waals surface area contributed by atoms with E-state index in [4.69, 9.17) is 23.2 Å². The van der Waals surface area contributed by atoms with Gasteiger partial charge >= 0.3 is 0 Å². The van der Waals surface area contributed by atoms with Gasteiger partial charge in [0.15, 0.2) is 0 Å². The molecular weight excluding hydrogens is 281 g/mol. The maximum absolute atomic E-state index is 9.49. The van der Waals surface area contributed by atoms with Crippen molar-refractivity contribution in [2.45, 2.75) is 19.0 Å². The molecule has 1 fully saturated rings. The smallest absolute Gasteiger partial charge is 0.124 e. The third-order valence-electron chi connectivity index (χ3n) is 3.60. The van der Waals surface area contributed by atoms with Crippen molar-refractivity contribution in [3.8, 4) is 6.07 Å². The number of piperazine rings is 1. The third kappa shape index (κ3) is 3.21. The SMILES string of the molecule is CC1CN(C)CCN1C(C#N)c1ccc(Cl)c(Cl)c1. The summed E-state index contributed by atoms with van der Waals surface area (Å²) in [5.41, 5.74) is 0.910. The summed E-state index contributed by atoms with van der Waals surface area (Å²) in [6.07, 6.45) is 0. The van der Waals surface area contributed by atoms with E-state index in [0.717, 1.165) is 25.2 Å². The quantitative estimate of drug-likeness (QED) is 0.840. The lowest BCUT2D eigenvalue weighted by atomic mass is 10.0. The molecule has 0 spiro atoms. The van der Waals surface area contributed by atoms with Crippen LogP contribution in [-0.2, 0) is 0 Å². The molecule has 0 amide bonds. The summed E-state index contributed by atoms with van der Waals surface area (Å²) in [4.78, 5) is 4.50. The molecule has 1 heterocycles. The van der Waals surface area contributed by atoms with E-state index in [9.17, 15) is 5.26 Å². The summed E-state index contributed by atoms with van der Waals surface area (Å²) in [5.74, 6) is 0. The monoisotopic (exact) mass is 297 g/mol. The van der Waals surface area contributed by atoms with E-state index in [1.807, 2.05) is 6.07 Å². The molecule has 19 heavy (non-hydrogen) atoms.